The van der Waals surface area contributed by atoms with Crippen LogP contribution in [0.1, 0.15) is 48.7 Å². The highest BCUT2D eigenvalue weighted by atomic mass is 19.4. The SMILES string of the molecule is CC(C)(C)c1ccc(C(=O)N2N=C(C(F)(F)F)C[C@@]2(O)c2ccc([N+](=O)[O-])cc2)cc1. The summed E-state index contributed by atoms with van der Waals surface area (Å²) >= 11 is 0. The van der Waals surface area contributed by atoms with Crippen molar-refractivity contribution in [2.24, 2.45) is 5.10 Å². The number of carbonyl (C=O) groups excluding carboxylic acids is 1. The molecule has 0 aromatic heterocycles. The maximum absolute atomic E-state index is 13.3. The van der Waals surface area contributed by atoms with Gasteiger partial charge in [-0.1, -0.05) is 32.9 Å². The van der Waals surface area contributed by atoms with E-state index in [-0.39, 0.29) is 22.2 Å². The number of rotatable bonds is 3. The maximum Gasteiger partial charge on any atom is 0.431 e. The first-order chi connectivity index (χ1) is 14.2. The molecule has 1 N–H and O–H groups in total. The Morgan fingerprint density at radius 1 is 1.10 bits per heavy atom. The van der Waals surface area contributed by atoms with Crippen LogP contribution in [0.15, 0.2) is 53.6 Å². The van der Waals surface area contributed by atoms with Gasteiger partial charge in [0.2, 0.25) is 0 Å². The number of hydrazone groups is 1. The standard InChI is InChI=1S/C21H20F3N3O4/c1-19(2,3)14-6-4-13(5-7-14)18(28)26-20(29,12-17(25-26)21(22,23)24)15-8-10-16(11-9-15)27(30)31/h4-11,29H,12H2,1-3H3/t20-/m1/s1. The zero-order chi connectivity index (χ0) is 23.2. The number of carbonyl (C=O) groups is 1. The number of alkyl halides is 3. The molecule has 0 fully saturated rings. The number of aliphatic hydroxyl groups is 1. The number of nitro groups is 1. The number of benzene rings is 2. The van der Waals surface area contributed by atoms with Gasteiger partial charge in [0.25, 0.3) is 11.6 Å². The molecule has 0 aliphatic carbocycles. The van der Waals surface area contributed by atoms with Crippen molar-refractivity contribution >= 4 is 17.3 Å². The fraction of sp³-hybridized carbons (Fsp3) is 0.333. The van der Waals surface area contributed by atoms with E-state index in [0.29, 0.717) is 5.01 Å². The van der Waals surface area contributed by atoms with Crippen LogP contribution in [0.4, 0.5) is 18.9 Å². The van der Waals surface area contributed by atoms with Crippen molar-refractivity contribution in [1.82, 2.24) is 5.01 Å². The molecular formula is C21H20F3N3O4. The Hall–Kier alpha value is -3.27. The average molecular weight is 435 g/mol. The van der Waals surface area contributed by atoms with Crippen LogP contribution in [-0.4, -0.2) is 32.8 Å². The summed E-state index contributed by atoms with van der Waals surface area (Å²) in [4.78, 5) is 23.2. The van der Waals surface area contributed by atoms with E-state index in [1.807, 2.05) is 20.8 Å². The molecule has 2 aromatic carbocycles. The second-order valence-electron chi connectivity index (χ2n) is 8.29. The summed E-state index contributed by atoms with van der Waals surface area (Å²) < 4.78 is 40.0. The molecular weight excluding hydrogens is 415 g/mol. The molecule has 1 amide bonds. The fourth-order valence-corrected chi connectivity index (χ4v) is 3.23. The minimum Gasteiger partial charge on any atom is -0.365 e. The molecule has 1 atom stereocenters. The monoisotopic (exact) mass is 435 g/mol. The van der Waals surface area contributed by atoms with Gasteiger partial charge in [0.05, 0.1) is 11.3 Å². The van der Waals surface area contributed by atoms with E-state index in [1.165, 1.54) is 12.1 Å². The minimum atomic E-state index is -4.86. The van der Waals surface area contributed by atoms with Crippen LogP contribution in [0.2, 0.25) is 0 Å². The third-order valence-corrected chi connectivity index (χ3v) is 5.04. The molecule has 1 heterocycles. The molecule has 3 rings (SSSR count). The number of amides is 1. The Kier molecular flexibility index (Phi) is 5.39. The zero-order valence-corrected chi connectivity index (χ0v) is 17.0. The molecule has 1 aliphatic heterocycles. The Balaban J connectivity index is 2.03. The summed E-state index contributed by atoms with van der Waals surface area (Å²) in [5, 5.41) is 25.8. The number of nitrogens with zero attached hydrogens (tertiary/aromatic N) is 3. The predicted molar refractivity (Wildman–Crippen MR) is 106 cm³/mol. The second kappa shape index (κ2) is 7.45. The van der Waals surface area contributed by atoms with Crippen molar-refractivity contribution in [3.05, 3.63) is 75.3 Å². The topological polar surface area (TPSA) is 96.0 Å². The summed E-state index contributed by atoms with van der Waals surface area (Å²) in [6, 6.07) is 10.6. The van der Waals surface area contributed by atoms with Crippen LogP contribution < -0.4 is 0 Å². The summed E-state index contributed by atoms with van der Waals surface area (Å²) in [5.41, 5.74) is -3.45. The van der Waals surface area contributed by atoms with Gasteiger partial charge in [-0.2, -0.15) is 23.3 Å². The molecule has 0 spiro atoms. The van der Waals surface area contributed by atoms with Crippen LogP contribution in [0.25, 0.3) is 0 Å². The Labute approximate surface area is 175 Å². The highest BCUT2D eigenvalue weighted by molar-refractivity contribution is 5.99. The maximum atomic E-state index is 13.3. The smallest absolute Gasteiger partial charge is 0.365 e. The van der Waals surface area contributed by atoms with Crippen molar-refractivity contribution in [2.75, 3.05) is 0 Å². The van der Waals surface area contributed by atoms with Crippen LogP contribution >= 0.6 is 0 Å². The Bertz CT molecular complexity index is 1040. The van der Waals surface area contributed by atoms with E-state index >= 15 is 0 Å². The van der Waals surface area contributed by atoms with Crippen LogP contribution in [0.5, 0.6) is 0 Å². The summed E-state index contributed by atoms with van der Waals surface area (Å²) in [6.07, 6.45) is -5.86. The molecule has 7 nitrogen and oxygen atoms in total. The predicted octanol–water partition coefficient (Wildman–Crippen LogP) is 4.50. The first-order valence-corrected chi connectivity index (χ1v) is 9.30. The van der Waals surface area contributed by atoms with Gasteiger partial charge in [0.1, 0.15) is 5.71 Å². The Morgan fingerprint density at radius 2 is 1.65 bits per heavy atom. The number of hydrogen-bond donors (Lipinski definition) is 1. The number of halogens is 3. The Morgan fingerprint density at radius 3 is 2.10 bits per heavy atom. The molecule has 31 heavy (non-hydrogen) atoms. The molecule has 10 heteroatoms. The third-order valence-electron chi connectivity index (χ3n) is 5.04. The van der Waals surface area contributed by atoms with E-state index < -0.39 is 34.9 Å². The third kappa shape index (κ3) is 4.29. The summed E-state index contributed by atoms with van der Waals surface area (Å²) in [5.74, 6) is -0.930. The second-order valence-corrected chi connectivity index (χ2v) is 8.29. The lowest BCUT2D eigenvalue weighted by atomic mass is 9.86. The highest BCUT2D eigenvalue weighted by Gasteiger charge is 2.53. The van der Waals surface area contributed by atoms with Crippen molar-refractivity contribution in [2.45, 2.75) is 44.5 Å². The van der Waals surface area contributed by atoms with Crippen molar-refractivity contribution < 1.29 is 28.0 Å². The van der Waals surface area contributed by atoms with Crippen molar-refractivity contribution in [1.29, 1.82) is 0 Å². The molecule has 2 aromatic rings. The van der Waals surface area contributed by atoms with Gasteiger partial charge in [-0.15, -0.1) is 0 Å². The van der Waals surface area contributed by atoms with Crippen LogP contribution in [0, 0.1) is 10.1 Å². The number of hydrogen-bond acceptors (Lipinski definition) is 5. The molecule has 0 saturated heterocycles. The summed E-state index contributed by atoms with van der Waals surface area (Å²) in [6.45, 7) is 5.91. The van der Waals surface area contributed by atoms with Gasteiger partial charge in [0, 0.05) is 23.3 Å². The van der Waals surface area contributed by atoms with E-state index in [4.69, 9.17) is 0 Å². The molecule has 164 valence electrons. The van der Waals surface area contributed by atoms with Crippen LogP contribution in [-0.2, 0) is 11.1 Å². The molecule has 0 radical (unpaired) electrons. The first-order valence-electron chi connectivity index (χ1n) is 9.30. The van der Waals surface area contributed by atoms with Gasteiger partial charge >= 0.3 is 6.18 Å². The van der Waals surface area contributed by atoms with Crippen LogP contribution in [0.3, 0.4) is 0 Å². The van der Waals surface area contributed by atoms with Gasteiger partial charge in [-0.3, -0.25) is 14.9 Å². The molecule has 0 bridgehead atoms. The van der Waals surface area contributed by atoms with Crippen molar-refractivity contribution in [3.63, 3.8) is 0 Å². The van der Waals surface area contributed by atoms with Gasteiger partial charge in [-0.25, -0.2) is 0 Å². The number of non-ortho nitro benzene ring substituents is 1. The number of nitro benzene ring substituents is 1. The molecule has 0 saturated carbocycles. The van der Waals surface area contributed by atoms with E-state index in [0.717, 1.165) is 29.8 Å². The fourth-order valence-electron chi connectivity index (χ4n) is 3.23. The first kappa shape index (κ1) is 22.4. The van der Waals surface area contributed by atoms with Crippen molar-refractivity contribution in [3.8, 4) is 0 Å². The molecule has 1 aliphatic rings. The van der Waals surface area contributed by atoms with E-state index in [1.54, 1.807) is 12.1 Å². The largest absolute Gasteiger partial charge is 0.431 e. The lowest BCUT2D eigenvalue weighted by Crippen LogP contribution is -2.43. The minimum absolute atomic E-state index is 0.0421. The molecule has 0 unspecified atom stereocenters. The normalized spacial score (nSPS) is 19.3. The van der Waals surface area contributed by atoms with E-state index in [9.17, 15) is 33.2 Å². The quantitative estimate of drug-likeness (QED) is 0.567. The lowest BCUT2D eigenvalue weighted by Gasteiger charge is -2.31. The summed E-state index contributed by atoms with van der Waals surface area (Å²) in [7, 11) is 0. The van der Waals surface area contributed by atoms with Gasteiger partial charge in [-0.05, 0) is 35.2 Å². The lowest BCUT2D eigenvalue weighted by molar-refractivity contribution is -0.384. The average Bonchev–Trinajstić information content (AvgIpc) is 3.06. The van der Waals surface area contributed by atoms with E-state index in [2.05, 4.69) is 5.10 Å². The zero-order valence-electron chi connectivity index (χ0n) is 17.0. The highest BCUT2D eigenvalue weighted by Crippen LogP contribution is 2.41. The van der Waals surface area contributed by atoms with Gasteiger partial charge < -0.3 is 5.11 Å². The van der Waals surface area contributed by atoms with Gasteiger partial charge in [0.15, 0.2) is 5.72 Å².